The first kappa shape index (κ1) is 14.6. The highest BCUT2D eigenvalue weighted by atomic mass is 16.3. The maximum atomic E-state index is 12.1. The number of hydrogen-bond donors (Lipinski definition) is 2. The highest BCUT2D eigenvalue weighted by Crippen LogP contribution is 2.10. The zero-order valence-electron chi connectivity index (χ0n) is 11.7. The molecule has 1 aromatic rings. The molecule has 2 amide bonds. The molecule has 2 N–H and O–H groups in total. The second-order valence-electron chi connectivity index (χ2n) is 4.95. The molecule has 6 nitrogen and oxygen atoms in total. The summed E-state index contributed by atoms with van der Waals surface area (Å²) in [5.74, 6) is 0.0740. The van der Waals surface area contributed by atoms with Crippen LogP contribution in [0.5, 0.6) is 0 Å². The Morgan fingerprint density at radius 2 is 2.35 bits per heavy atom. The molecule has 1 aliphatic rings. The van der Waals surface area contributed by atoms with Crippen molar-refractivity contribution in [2.24, 2.45) is 0 Å². The van der Waals surface area contributed by atoms with E-state index >= 15 is 0 Å². The van der Waals surface area contributed by atoms with Crippen molar-refractivity contribution in [3.63, 3.8) is 0 Å². The topological polar surface area (TPSA) is 74.6 Å². The second kappa shape index (κ2) is 7.09. The van der Waals surface area contributed by atoms with Crippen LogP contribution in [0.2, 0.25) is 0 Å². The Morgan fingerprint density at radius 3 is 3.05 bits per heavy atom. The maximum Gasteiger partial charge on any atom is 0.286 e. The number of nitrogens with one attached hydrogen (secondary N) is 2. The number of carbonyl (C=O) groups excluding carboxylic acids is 2. The molecule has 6 heteroatoms. The predicted octanol–water partition coefficient (Wildman–Crippen LogP) is 0.610. The molecule has 1 aliphatic heterocycles. The molecule has 1 fully saturated rings. The third-order valence-corrected chi connectivity index (χ3v) is 3.55. The summed E-state index contributed by atoms with van der Waals surface area (Å²) in [4.78, 5) is 25.5. The number of piperidine rings is 1. The van der Waals surface area contributed by atoms with Crippen molar-refractivity contribution in [1.29, 1.82) is 0 Å². The van der Waals surface area contributed by atoms with E-state index in [2.05, 4.69) is 10.6 Å². The van der Waals surface area contributed by atoms with Gasteiger partial charge in [0.2, 0.25) is 5.91 Å². The van der Waals surface area contributed by atoms with Gasteiger partial charge in [-0.25, -0.2) is 0 Å². The molecule has 0 saturated carbocycles. The Hall–Kier alpha value is -1.82. The van der Waals surface area contributed by atoms with Crippen LogP contribution in [0.4, 0.5) is 0 Å². The fraction of sp³-hybridized carbons (Fsp3) is 0.571. The molecular weight excluding hydrogens is 258 g/mol. The van der Waals surface area contributed by atoms with E-state index in [9.17, 15) is 9.59 Å². The molecular formula is C14H21N3O3. The van der Waals surface area contributed by atoms with Gasteiger partial charge >= 0.3 is 0 Å². The van der Waals surface area contributed by atoms with Crippen LogP contribution in [0.15, 0.2) is 22.8 Å². The van der Waals surface area contributed by atoms with Gasteiger partial charge in [-0.05, 0) is 32.0 Å². The quantitative estimate of drug-likeness (QED) is 0.828. The van der Waals surface area contributed by atoms with Crippen molar-refractivity contribution in [1.82, 2.24) is 15.5 Å². The van der Waals surface area contributed by atoms with Gasteiger partial charge in [0.25, 0.3) is 5.91 Å². The highest BCUT2D eigenvalue weighted by Gasteiger charge is 2.22. The third-order valence-electron chi connectivity index (χ3n) is 3.55. The van der Waals surface area contributed by atoms with Gasteiger partial charge in [-0.3, -0.25) is 9.59 Å². The van der Waals surface area contributed by atoms with Gasteiger partial charge in [0, 0.05) is 32.1 Å². The maximum absolute atomic E-state index is 12.1. The number of hydrogen-bond acceptors (Lipinski definition) is 4. The Bertz CT molecular complexity index is 445. The highest BCUT2D eigenvalue weighted by molar-refractivity contribution is 5.91. The van der Waals surface area contributed by atoms with Gasteiger partial charge in [0.05, 0.1) is 6.26 Å². The zero-order chi connectivity index (χ0) is 14.4. The molecule has 2 rings (SSSR count). The fourth-order valence-electron chi connectivity index (χ4n) is 2.38. The molecule has 1 aromatic heterocycles. The number of likely N-dealkylation sites (N-methyl/N-ethyl adjacent to an activating group) is 1. The van der Waals surface area contributed by atoms with Gasteiger partial charge < -0.3 is 20.0 Å². The Balaban J connectivity index is 1.71. The summed E-state index contributed by atoms with van der Waals surface area (Å²) in [5.41, 5.74) is 0. The average Bonchev–Trinajstić information content (AvgIpc) is 3.01. The lowest BCUT2D eigenvalue weighted by atomic mass is 10.1. The summed E-state index contributed by atoms with van der Waals surface area (Å²) >= 11 is 0. The summed E-state index contributed by atoms with van der Waals surface area (Å²) < 4.78 is 4.98. The predicted molar refractivity (Wildman–Crippen MR) is 74.3 cm³/mol. The summed E-state index contributed by atoms with van der Waals surface area (Å²) in [6.07, 6.45) is 3.90. The number of carbonyl (C=O) groups is 2. The molecule has 0 aromatic carbocycles. The van der Waals surface area contributed by atoms with E-state index in [1.54, 1.807) is 12.1 Å². The van der Waals surface area contributed by atoms with E-state index in [1.165, 1.54) is 6.26 Å². The average molecular weight is 279 g/mol. The zero-order valence-corrected chi connectivity index (χ0v) is 11.7. The smallest absolute Gasteiger partial charge is 0.286 e. The molecule has 1 saturated heterocycles. The Labute approximate surface area is 118 Å². The van der Waals surface area contributed by atoms with Crippen molar-refractivity contribution >= 4 is 11.8 Å². The molecule has 0 radical (unpaired) electrons. The summed E-state index contributed by atoms with van der Waals surface area (Å²) in [7, 11) is 1.92. The minimum Gasteiger partial charge on any atom is -0.459 e. The SMILES string of the molecule is CNC1CCCN(C(=O)CCNC(=O)c2ccco2)C1. The minimum absolute atomic E-state index is 0.0877. The van der Waals surface area contributed by atoms with E-state index in [0.717, 1.165) is 25.9 Å². The molecule has 0 aliphatic carbocycles. The van der Waals surface area contributed by atoms with Crippen LogP contribution in [0.1, 0.15) is 29.8 Å². The largest absolute Gasteiger partial charge is 0.459 e. The molecule has 1 atom stereocenters. The lowest BCUT2D eigenvalue weighted by Gasteiger charge is -2.32. The molecule has 0 bridgehead atoms. The lowest BCUT2D eigenvalue weighted by molar-refractivity contribution is -0.132. The first-order valence-corrected chi connectivity index (χ1v) is 6.97. The molecule has 20 heavy (non-hydrogen) atoms. The Kier molecular flexibility index (Phi) is 5.17. The van der Waals surface area contributed by atoms with Crippen LogP contribution in [0.25, 0.3) is 0 Å². The van der Waals surface area contributed by atoms with Gasteiger partial charge in [0.1, 0.15) is 0 Å². The van der Waals surface area contributed by atoms with Crippen molar-refractivity contribution in [3.05, 3.63) is 24.2 Å². The second-order valence-corrected chi connectivity index (χ2v) is 4.95. The summed E-state index contributed by atoms with van der Waals surface area (Å²) in [6, 6.07) is 3.63. The van der Waals surface area contributed by atoms with Crippen LogP contribution in [-0.2, 0) is 4.79 Å². The number of amides is 2. The first-order chi connectivity index (χ1) is 9.70. The molecule has 1 unspecified atom stereocenters. The van der Waals surface area contributed by atoms with Gasteiger partial charge in [-0.15, -0.1) is 0 Å². The summed E-state index contributed by atoms with van der Waals surface area (Å²) in [5, 5.41) is 5.89. The minimum atomic E-state index is -0.283. The van der Waals surface area contributed by atoms with Crippen molar-refractivity contribution in [3.8, 4) is 0 Å². The number of rotatable bonds is 5. The lowest BCUT2D eigenvalue weighted by Crippen LogP contribution is -2.47. The van der Waals surface area contributed by atoms with Crippen molar-refractivity contribution < 1.29 is 14.0 Å². The van der Waals surface area contributed by atoms with Gasteiger partial charge in [0.15, 0.2) is 5.76 Å². The van der Waals surface area contributed by atoms with Gasteiger partial charge in [-0.1, -0.05) is 0 Å². The van der Waals surface area contributed by atoms with Crippen molar-refractivity contribution in [2.45, 2.75) is 25.3 Å². The van der Waals surface area contributed by atoms with Crippen LogP contribution < -0.4 is 10.6 Å². The van der Waals surface area contributed by atoms with E-state index in [-0.39, 0.29) is 17.6 Å². The van der Waals surface area contributed by atoms with Crippen molar-refractivity contribution in [2.75, 3.05) is 26.7 Å². The first-order valence-electron chi connectivity index (χ1n) is 6.97. The number of likely N-dealkylation sites (tertiary alicyclic amines) is 1. The van der Waals surface area contributed by atoms with E-state index in [1.807, 2.05) is 11.9 Å². The van der Waals surface area contributed by atoms with E-state index < -0.39 is 0 Å². The van der Waals surface area contributed by atoms with Crippen LogP contribution in [-0.4, -0.2) is 49.4 Å². The molecule has 2 heterocycles. The number of furan rings is 1. The van der Waals surface area contributed by atoms with E-state index in [4.69, 9.17) is 4.42 Å². The standard InChI is InChI=1S/C14H21N3O3/c1-15-11-4-2-8-17(10-11)13(18)6-7-16-14(19)12-5-3-9-20-12/h3,5,9,11,15H,2,4,6-8,10H2,1H3,(H,16,19). The summed E-state index contributed by atoms with van der Waals surface area (Å²) in [6.45, 7) is 1.89. The van der Waals surface area contributed by atoms with Crippen LogP contribution in [0, 0.1) is 0 Å². The Morgan fingerprint density at radius 1 is 1.50 bits per heavy atom. The molecule has 0 spiro atoms. The third kappa shape index (κ3) is 3.84. The van der Waals surface area contributed by atoms with Crippen LogP contribution in [0.3, 0.4) is 0 Å². The molecule has 110 valence electrons. The van der Waals surface area contributed by atoms with Crippen LogP contribution >= 0.6 is 0 Å². The van der Waals surface area contributed by atoms with E-state index in [0.29, 0.717) is 19.0 Å². The normalized spacial score (nSPS) is 18.9. The number of nitrogens with zero attached hydrogens (tertiary/aromatic N) is 1. The van der Waals surface area contributed by atoms with Gasteiger partial charge in [-0.2, -0.15) is 0 Å². The fourth-order valence-corrected chi connectivity index (χ4v) is 2.38. The monoisotopic (exact) mass is 279 g/mol.